The van der Waals surface area contributed by atoms with Crippen molar-refractivity contribution >= 4 is 10.0 Å². The maximum Gasteiger partial charge on any atom is 0.243 e. The third-order valence-electron chi connectivity index (χ3n) is 6.37. The number of aryl methyl sites for hydroxylation is 2. The molecule has 0 spiro atoms. The molecule has 0 bridgehead atoms. The van der Waals surface area contributed by atoms with Gasteiger partial charge in [-0.3, -0.25) is 0 Å². The van der Waals surface area contributed by atoms with E-state index in [0.29, 0.717) is 29.8 Å². The number of ether oxygens (including phenoxy) is 1. The summed E-state index contributed by atoms with van der Waals surface area (Å²) in [6.07, 6.45) is 6.27. The van der Waals surface area contributed by atoms with E-state index >= 15 is 0 Å². The van der Waals surface area contributed by atoms with E-state index in [4.69, 9.17) is 9.26 Å². The smallest absolute Gasteiger partial charge is 0.243 e. The first-order valence-corrected chi connectivity index (χ1v) is 12.5. The fraction of sp³-hybridized carbons (Fsp3) is 0.636. The van der Waals surface area contributed by atoms with Crippen LogP contribution in [0.4, 0.5) is 0 Å². The first kappa shape index (κ1) is 21.5. The highest BCUT2D eigenvalue weighted by atomic mass is 32.2. The number of rotatable bonds is 7. The topological polar surface area (TPSA) is 85.5 Å². The predicted octanol–water partition coefficient (Wildman–Crippen LogP) is 3.56. The molecule has 2 fully saturated rings. The Balaban J connectivity index is 1.27. The van der Waals surface area contributed by atoms with Gasteiger partial charge in [-0.15, -0.1) is 0 Å². The maximum atomic E-state index is 12.9. The number of sulfonamides is 1. The highest BCUT2D eigenvalue weighted by Gasteiger charge is 2.29. The van der Waals surface area contributed by atoms with Crippen LogP contribution < -0.4 is 0 Å². The quantitative estimate of drug-likeness (QED) is 0.664. The monoisotopic (exact) mass is 433 g/mol. The molecule has 2 saturated heterocycles. The van der Waals surface area contributed by atoms with Crippen LogP contribution in [-0.2, 0) is 27.6 Å². The molecule has 7 nitrogen and oxygen atoms in total. The van der Waals surface area contributed by atoms with Crippen LogP contribution in [0.5, 0.6) is 0 Å². The number of piperidine rings is 1. The second kappa shape index (κ2) is 9.58. The van der Waals surface area contributed by atoms with Gasteiger partial charge in [-0.1, -0.05) is 24.2 Å². The molecule has 0 unspecified atom stereocenters. The molecule has 0 N–H and O–H groups in total. The van der Waals surface area contributed by atoms with E-state index in [9.17, 15) is 8.42 Å². The molecule has 1 aromatic heterocycles. The Morgan fingerprint density at radius 2 is 1.77 bits per heavy atom. The zero-order valence-electron chi connectivity index (χ0n) is 17.6. The molecule has 2 aromatic rings. The van der Waals surface area contributed by atoms with E-state index in [1.54, 1.807) is 16.4 Å². The highest BCUT2D eigenvalue weighted by molar-refractivity contribution is 7.89. The van der Waals surface area contributed by atoms with Crippen molar-refractivity contribution in [3.63, 3.8) is 0 Å². The summed E-state index contributed by atoms with van der Waals surface area (Å²) in [7, 11) is -3.40. The summed E-state index contributed by atoms with van der Waals surface area (Å²) >= 11 is 0. The molecule has 0 saturated carbocycles. The molecule has 2 aliphatic rings. The minimum Gasteiger partial charge on any atom is -0.381 e. The van der Waals surface area contributed by atoms with E-state index in [1.165, 1.54) is 0 Å². The van der Waals surface area contributed by atoms with Gasteiger partial charge in [0.05, 0.1) is 4.90 Å². The minimum absolute atomic E-state index is 0.319. The van der Waals surface area contributed by atoms with Crippen molar-refractivity contribution in [2.45, 2.75) is 62.7 Å². The number of hydrogen-bond donors (Lipinski definition) is 0. The zero-order valence-corrected chi connectivity index (χ0v) is 18.4. The van der Waals surface area contributed by atoms with Crippen LogP contribution in [0.3, 0.4) is 0 Å². The SMILES string of the molecule is CCc1ccc(S(=O)(=O)N2CCC(CCc3noc(C4CCOCC4)n3)CC2)cc1. The van der Waals surface area contributed by atoms with E-state index in [-0.39, 0.29) is 0 Å². The molecule has 8 heteroatoms. The number of benzene rings is 1. The van der Waals surface area contributed by atoms with Gasteiger partial charge in [-0.2, -0.15) is 9.29 Å². The maximum absolute atomic E-state index is 12.9. The van der Waals surface area contributed by atoms with Crippen LogP contribution in [0, 0.1) is 5.92 Å². The van der Waals surface area contributed by atoms with Crippen LogP contribution in [0.25, 0.3) is 0 Å². The van der Waals surface area contributed by atoms with Crippen molar-refractivity contribution in [1.29, 1.82) is 0 Å². The van der Waals surface area contributed by atoms with Gasteiger partial charge in [0, 0.05) is 38.6 Å². The second-order valence-electron chi connectivity index (χ2n) is 8.32. The molecule has 0 amide bonds. The molecule has 164 valence electrons. The standard InChI is InChI=1S/C22H31N3O4S/c1-2-17-3-6-20(7-4-17)30(26,27)25-13-9-18(10-14-25)5-8-21-23-22(29-24-21)19-11-15-28-16-12-19/h3-4,6-7,18-19H,2,5,8-16H2,1H3. The lowest BCUT2D eigenvalue weighted by molar-refractivity contribution is 0.0778. The van der Waals surface area contributed by atoms with Crippen molar-refractivity contribution in [2.24, 2.45) is 5.92 Å². The largest absolute Gasteiger partial charge is 0.381 e. The molecule has 1 aromatic carbocycles. The van der Waals surface area contributed by atoms with Crippen molar-refractivity contribution in [2.75, 3.05) is 26.3 Å². The van der Waals surface area contributed by atoms with Gasteiger partial charge in [0.15, 0.2) is 5.82 Å². The molecular weight excluding hydrogens is 402 g/mol. The average Bonchev–Trinajstić information content (AvgIpc) is 3.28. The summed E-state index contributed by atoms with van der Waals surface area (Å²) in [5.74, 6) is 2.31. The fourth-order valence-electron chi connectivity index (χ4n) is 4.30. The first-order chi connectivity index (χ1) is 14.6. The molecule has 0 radical (unpaired) electrons. The van der Waals surface area contributed by atoms with Crippen LogP contribution in [-0.4, -0.2) is 49.2 Å². The van der Waals surface area contributed by atoms with E-state index in [0.717, 1.165) is 75.4 Å². The Bertz CT molecular complexity index is 912. The summed E-state index contributed by atoms with van der Waals surface area (Å²) in [5, 5.41) is 4.15. The Morgan fingerprint density at radius 3 is 2.43 bits per heavy atom. The normalized spacial score (nSPS) is 19.9. The number of hydrogen-bond acceptors (Lipinski definition) is 6. The summed E-state index contributed by atoms with van der Waals surface area (Å²) in [4.78, 5) is 4.98. The molecule has 0 aliphatic carbocycles. The zero-order chi connectivity index (χ0) is 21.0. The molecule has 4 rings (SSSR count). The molecule has 0 atom stereocenters. The first-order valence-electron chi connectivity index (χ1n) is 11.1. The van der Waals surface area contributed by atoms with Crippen molar-refractivity contribution in [3.8, 4) is 0 Å². The molecule has 30 heavy (non-hydrogen) atoms. The minimum atomic E-state index is -3.40. The van der Waals surface area contributed by atoms with Crippen LogP contribution in [0.15, 0.2) is 33.7 Å². The lowest BCUT2D eigenvalue weighted by atomic mass is 9.93. The molecule has 2 aliphatic heterocycles. The van der Waals surface area contributed by atoms with Crippen LogP contribution in [0.2, 0.25) is 0 Å². The second-order valence-corrected chi connectivity index (χ2v) is 10.3. The average molecular weight is 434 g/mol. The van der Waals surface area contributed by atoms with Gasteiger partial charge >= 0.3 is 0 Å². The van der Waals surface area contributed by atoms with Gasteiger partial charge in [0.2, 0.25) is 15.9 Å². The van der Waals surface area contributed by atoms with Gasteiger partial charge in [-0.25, -0.2) is 8.42 Å². The van der Waals surface area contributed by atoms with Crippen molar-refractivity contribution < 1.29 is 17.7 Å². The van der Waals surface area contributed by atoms with Gasteiger partial charge in [0.25, 0.3) is 0 Å². The van der Waals surface area contributed by atoms with Gasteiger partial charge in [0.1, 0.15) is 0 Å². The fourth-order valence-corrected chi connectivity index (χ4v) is 5.77. The molecular formula is C22H31N3O4S. The Labute approximate surface area is 178 Å². The third kappa shape index (κ3) is 4.92. The lowest BCUT2D eigenvalue weighted by Gasteiger charge is -2.31. The highest BCUT2D eigenvalue weighted by Crippen LogP contribution is 2.28. The summed E-state index contributed by atoms with van der Waals surface area (Å²) in [6.45, 7) is 4.72. The number of aromatic nitrogens is 2. The lowest BCUT2D eigenvalue weighted by Crippen LogP contribution is -2.38. The summed E-state index contributed by atoms with van der Waals surface area (Å²) in [5.41, 5.74) is 1.15. The number of nitrogens with zero attached hydrogens (tertiary/aromatic N) is 3. The Hall–Kier alpha value is -1.77. The molecule has 3 heterocycles. The predicted molar refractivity (Wildman–Crippen MR) is 113 cm³/mol. The van der Waals surface area contributed by atoms with Crippen LogP contribution >= 0.6 is 0 Å². The van der Waals surface area contributed by atoms with Gasteiger partial charge in [-0.05, 0) is 62.1 Å². The van der Waals surface area contributed by atoms with E-state index in [2.05, 4.69) is 17.1 Å². The van der Waals surface area contributed by atoms with Crippen molar-refractivity contribution in [3.05, 3.63) is 41.5 Å². The van der Waals surface area contributed by atoms with Gasteiger partial charge < -0.3 is 9.26 Å². The Morgan fingerprint density at radius 1 is 1.07 bits per heavy atom. The van der Waals surface area contributed by atoms with Crippen molar-refractivity contribution in [1.82, 2.24) is 14.4 Å². The Kier molecular flexibility index (Phi) is 6.85. The summed E-state index contributed by atoms with van der Waals surface area (Å²) < 4.78 is 38.3. The van der Waals surface area contributed by atoms with E-state index in [1.807, 2.05) is 12.1 Å². The van der Waals surface area contributed by atoms with Crippen LogP contribution in [0.1, 0.15) is 62.2 Å². The summed E-state index contributed by atoms with van der Waals surface area (Å²) in [6, 6.07) is 7.26. The third-order valence-corrected chi connectivity index (χ3v) is 8.29. The van der Waals surface area contributed by atoms with E-state index < -0.39 is 10.0 Å².